The van der Waals surface area contributed by atoms with Crippen LogP contribution in [-0.4, -0.2) is 37.5 Å². The molecular formula is C11H18O4. The number of carboxylic acids is 1. The molecule has 0 radical (unpaired) electrons. The minimum Gasteiger partial charge on any atom is -0.478 e. The van der Waals surface area contributed by atoms with Crippen LogP contribution in [0, 0.1) is 5.92 Å². The van der Waals surface area contributed by atoms with Crippen LogP contribution in [0.1, 0.15) is 19.8 Å². The van der Waals surface area contributed by atoms with Crippen molar-refractivity contribution in [1.82, 2.24) is 0 Å². The van der Waals surface area contributed by atoms with Crippen molar-refractivity contribution >= 4 is 5.97 Å². The summed E-state index contributed by atoms with van der Waals surface area (Å²) >= 11 is 0. The van der Waals surface area contributed by atoms with Gasteiger partial charge in [0.25, 0.3) is 0 Å². The number of carbonyl (C=O) groups is 1. The summed E-state index contributed by atoms with van der Waals surface area (Å²) in [7, 11) is 0. The SMILES string of the molecule is CC(=CCOCC1CCOCC1)C(=O)O. The lowest BCUT2D eigenvalue weighted by atomic mass is 10.0. The molecule has 1 heterocycles. The number of ether oxygens (including phenoxy) is 2. The molecule has 1 saturated heterocycles. The van der Waals surface area contributed by atoms with E-state index < -0.39 is 5.97 Å². The van der Waals surface area contributed by atoms with Crippen LogP contribution >= 0.6 is 0 Å². The normalized spacial score (nSPS) is 19.1. The van der Waals surface area contributed by atoms with Crippen LogP contribution in [0.3, 0.4) is 0 Å². The molecule has 15 heavy (non-hydrogen) atoms. The zero-order valence-electron chi connectivity index (χ0n) is 9.07. The summed E-state index contributed by atoms with van der Waals surface area (Å²) in [6.45, 7) is 4.29. The molecule has 1 N–H and O–H groups in total. The Kier molecular flexibility index (Phi) is 5.36. The Labute approximate surface area is 89.9 Å². The largest absolute Gasteiger partial charge is 0.478 e. The molecule has 0 bridgehead atoms. The molecule has 0 aromatic heterocycles. The highest BCUT2D eigenvalue weighted by Crippen LogP contribution is 2.14. The Hall–Kier alpha value is -0.870. The van der Waals surface area contributed by atoms with E-state index in [1.54, 1.807) is 13.0 Å². The second-order valence-electron chi connectivity index (χ2n) is 3.79. The van der Waals surface area contributed by atoms with Crippen LogP contribution in [0.25, 0.3) is 0 Å². The molecule has 86 valence electrons. The zero-order valence-corrected chi connectivity index (χ0v) is 9.07. The van der Waals surface area contributed by atoms with Gasteiger partial charge in [-0.15, -0.1) is 0 Å². The highest BCUT2D eigenvalue weighted by Gasteiger charge is 2.13. The van der Waals surface area contributed by atoms with E-state index in [1.165, 1.54) is 0 Å². The van der Waals surface area contributed by atoms with E-state index in [0.29, 0.717) is 24.7 Å². The third-order valence-corrected chi connectivity index (χ3v) is 2.54. The number of aliphatic carboxylic acids is 1. The summed E-state index contributed by atoms with van der Waals surface area (Å²) in [5, 5.41) is 8.59. The predicted molar refractivity (Wildman–Crippen MR) is 55.8 cm³/mol. The minimum atomic E-state index is -0.885. The van der Waals surface area contributed by atoms with Gasteiger partial charge in [-0.3, -0.25) is 0 Å². The van der Waals surface area contributed by atoms with E-state index in [1.807, 2.05) is 0 Å². The van der Waals surface area contributed by atoms with Crippen molar-refractivity contribution in [2.45, 2.75) is 19.8 Å². The molecule has 0 unspecified atom stereocenters. The van der Waals surface area contributed by atoms with Gasteiger partial charge >= 0.3 is 5.97 Å². The lowest BCUT2D eigenvalue weighted by Gasteiger charge is -2.21. The van der Waals surface area contributed by atoms with Crippen molar-refractivity contribution in [2.75, 3.05) is 26.4 Å². The highest BCUT2D eigenvalue weighted by atomic mass is 16.5. The van der Waals surface area contributed by atoms with Crippen LogP contribution in [0.4, 0.5) is 0 Å². The topological polar surface area (TPSA) is 55.8 Å². The maximum Gasteiger partial charge on any atom is 0.331 e. The van der Waals surface area contributed by atoms with E-state index in [9.17, 15) is 4.79 Å². The summed E-state index contributed by atoms with van der Waals surface area (Å²) in [5.41, 5.74) is 0.335. The summed E-state index contributed by atoms with van der Waals surface area (Å²) in [6.07, 6.45) is 3.69. The molecule has 0 aromatic carbocycles. The molecule has 1 fully saturated rings. The van der Waals surface area contributed by atoms with Crippen molar-refractivity contribution in [3.05, 3.63) is 11.6 Å². The average Bonchev–Trinajstić information content (AvgIpc) is 2.25. The second-order valence-corrected chi connectivity index (χ2v) is 3.79. The molecule has 1 rings (SSSR count). The number of carboxylic acid groups (broad SMARTS) is 1. The molecule has 0 amide bonds. The molecule has 0 atom stereocenters. The van der Waals surface area contributed by atoms with E-state index in [4.69, 9.17) is 14.6 Å². The standard InChI is InChI=1S/C11H18O4/c1-9(11(12)13)2-5-15-8-10-3-6-14-7-4-10/h2,10H,3-8H2,1H3,(H,12,13). The maximum absolute atomic E-state index is 10.5. The Morgan fingerprint density at radius 1 is 1.53 bits per heavy atom. The molecule has 0 spiro atoms. The maximum atomic E-state index is 10.5. The number of hydrogen-bond acceptors (Lipinski definition) is 3. The van der Waals surface area contributed by atoms with E-state index in [2.05, 4.69) is 0 Å². The molecule has 1 aliphatic rings. The van der Waals surface area contributed by atoms with Gasteiger partial charge in [-0.2, -0.15) is 0 Å². The van der Waals surface area contributed by atoms with E-state index in [-0.39, 0.29) is 0 Å². The zero-order chi connectivity index (χ0) is 11.1. The van der Waals surface area contributed by atoms with Gasteiger partial charge in [-0.25, -0.2) is 4.79 Å². The Balaban J connectivity index is 2.10. The predicted octanol–water partition coefficient (Wildman–Crippen LogP) is 1.46. The van der Waals surface area contributed by atoms with E-state index in [0.717, 1.165) is 26.1 Å². The first-order chi connectivity index (χ1) is 7.20. The minimum absolute atomic E-state index is 0.335. The van der Waals surface area contributed by atoms with E-state index >= 15 is 0 Å². The first kappa shape index (κ1) is 12.2. The van der Waals surface area contributed by atoms with Crippen LogP contribution in [0.2, 0.25) is 0 Å². The highest BCUT2D eigenvalue weighted by molar-refractivity contribution is 5.85. The Morgan fingerprint density at radius 2 is 2.20 bits per heavy atom. The smallest absolute Gasteiger partial charge is 0.331 e. The van der Waals surface area contributed by atoms with Crippen molar-refractivity contribution in [2.24, 2.45) is 5.92 Å². The van der Waals surface area contributed by atoms with Crippen molar-refractivity contribution in [3.8, 4) is 0 Å². The van der Waals surface area contributed by atoms with Crippen molar-refractivity contribution in [3.63, 3.8) is 0 Å². The van der Waals surface area contributed by atoms with Crippen molar-refractivity contribution in [1.29, 1.82) is 0 Å². The summed E-state index contributed by atoms with van der Waals surface area (Å²) < 4.78 is 10.6. The van der Waals surface area contributed by atoms with Gasteiger partial charge in [0.1, 0.15) is 0 Å². The van der Waals surface area contributed by atoms with Crippen LogP contribution < -0.4 is 0 Å². The fourth-order valence-corrected chi connectivity index (χ4v) is 1.42. The molecule has 0 aromatic rings. The van der Waals surface area contributed by atoms with Crippen LogP contribution in [0.5, 0.6) is 0 Å². The molecule has 4 heteroatoms. The van der Waals surface area contributed by atoms with Gasteiger partial charge in [0.15, 0.2) is 0 Å². The lowest BCUT2D eigenvalue weighted by molar-refractivity contribution is -0.132. The quantitative estimate of drug-likeness (QED) is 0.556. The lowest BCUT2D eigenvalue weighted by Crippen LogP contribution is -2.20. The summed E-state index contributed by atoms with van der Waals surface area (Å²) in [6, 6.07) is 0. The van der Waals surface area contributed by atoms with Gasteiger partial charge in [-0.1, -0.05) is 0 Å². The third kappa shape index (κ3) is 4.95. The van der Waals surface area contributed by atoms with Gasteiger partial charge < -0.3 is 14.6 Å². The second kappa shape index (κ2) is 6.58. The fourth-order valence-electron chi connectivity index (χ4n) is 1.42. The third-order valence-electron chi connectivity index (χ3n) is 2.54. The van der Waals surface area contributed by atoms with Gasteiger partial charge in [0, 0.05) is 25.4 Å². The van der Waals surface area contributed by atoms with Gasteiger partial charge in [-0.05, 0) is 31.8 Å². The molecule has 1 aliphatic heterocycles. The van der Waals surface area contributed by atoms with Crippen LogP contribution in [-0.2, 0) is 14.3 Å². The first-order valence-electron chi connectivity index (χ1n) is 5.25. The molecule has 4 nitrogen and oxygen atoms in total. The number of rotatable bonds is 5. The van der Waals surface area contributed by atoms with Crippen LogP contribution in [0.15, 0.2) is 11.6 Å². The van der Waals surface area contributed by atoms with Gasteiger partial charge in [0.05, 0.1) is 6.61 Å². The molecule has 0 saturated carbocycles. The summed E-state index contributed by atoms with van der Waals surface area (Å²) in [5.74, 6) is -0.318. The average molecular weight is 214 g/mol. The summed E-state index contributed by atoms with van der Waals surface area (Å²) in [4.78, 5) is 10.5. The van der Waals surface area contributed by atoms with Gasteiger partial charge in [0.2, 0.25) is 0 Å². The Bertz CT molecular complexity index is 229. The fraction of sp³-hybridized carbons (Fsp3) is 0.727. The molecule has 0 aliphatic carbocycles. The van der Waals surface area contributed by atoms with Crippen molar-refractivity contribution < 1.29 is 19.4 Å². The number of hydrogen-bond donors (Lipinski definition) is 1. The Morgan fingerprint density at radius 3 is 2.80 bits per heavy atom. The first-order valence-corrected chi connectivity index (χ1v) is 5.25. The molecular weight excluding hydrogens is 196 g/mol. The monoisotopic (exact) mass is 214 g/mol.